The van der Waals surface area contributed by atoms with Gasteiger partial charge in [-0.3, -0.25) is 0 Å². The van der Waals surface area contributed by atoms with E-state index in [0.717, 1.165) is 10.9 Å². The maximum absolute atomic E-state index is 9.12. The van der Waals surface area contributed by atoms with Crippen molar-refractivity contribution < 1.29 is 0 Å². The Morgan fingerprint density at radius 2 is 2.00 bits per heavy atom. The summed E-state index contributed by atoms with van der Waals surface area (Å²) >= 11 is 1.75. The minimum atomic E-state index is 0.771. The van der Waals surface area contributed by atoms with E-state index in [2.05, 4.69) is 37.3 Å². The molecule has 0 saturated carbocycles. The molecule has 2 heteroatoms. The van der Waals surface area contributed by atoms with Crippen LogP contribution >= 0.6 is 11.3 Å². The van der Waals surface area contributed by atoms with Gasteiger partial charge in [-0.15, -0.1) is 11.3 Å². The fourth-order valence-corrected chi connectivity index (χ4v) is 3.26. The molecule has 3 rings (SSSR count). The van der Waals surface area contributed by atoms with Gasteiger partial charge in [0.1, 0.15) is 0 Å². The molecule has 0 fully saturated rings. The van der Waals surface area contributed by atoms with Crippen LogP contribution in [0.3, 0.4) is 0 Å². The molecule has 16 heavy (non-hydrogen) atoms. The van der Waals surface area contributed by atoms with Crippen LogP contribution in [-0.2, 0) is 0 Å². The molecule has 0 atom stereocenters. The summed E-state index contributed by atoms with van der Waals surface area (Å²) < 4.78 is 2.46. The topological polar surface area (TPSA) is 23.8 Å². The SMILES string of the molecule is Cc1ccc2c(c1)sc1cccc(C#N)c12. The van der Waals surface area contributed by atoms with E-state index in [1.807, 2.05) is 12.1 Å². The molecule has 0 N–H and O–H groups in total. The van der Waals surface area contributed by atoms with Crippen molar-refractivity contribution in [3.05, 3.63) is 47.5 Å². The average Bonchev–Trinajstić information content (AvgIpc) is 2.65. The molecule has 0 aliphatic heterocycles. The highest BCUT2D eigenvalue weighted by atomic mass is 32.1. The first kappa shape index (κ1) is 9.38. The molecule has 76 valence electrons. The Hall–Kier alpha value is -1.85. The van der Waals surface area contributed by atoms with Crippen molar-refractivity contribution in [2.24, 2.45) is 0 Å². The van der Waals surface area contributed by atoms with Gasteiger partial charge in [-0.2, -0.15) is 5.26 Å². The number of rotatable bonds is 0. The van der Waals surface area contributed by atoms with Crippen LogP contribution in [0.15, 0.2) is 36.4 Å². The summed E-state index contributed by atoms with van der Waals surface area (Å²) in [5.41, 5.74) is 2.03. The van der Waals surface area contributed by atoms with Crippen molar-refractivity contribution >= 4 is 31.5 Å². The van der Waals surface area contributed by atoms with Crippen LogP contribution in [0.2, 0.25) is 0 Å². The number of fused-ring (bicyclic) bond motifs is 3. The van der Waals surface area contributed by atoms with Gasteiger partial charge in [0.15, 0.2) is 0 Å². The Morgan fingerprint density at radius 1 is 1.12 bits per heavy atom. The fraction of sp³-hybridized carbons (Fsp3) is 0.0714. The molecule has 0 aliphatic carbocycles. The van der Waals surface area contributed by atoms with E-state index in [0.29, 0.717) is 0 Å². The average molecular weight is 223 g/mol. The highest BCUT2D eigenvalue weighted by Crippen LogP contribution is 2.35. The minimum Gasteiger partial charge on any atom is -0.192 e. The van der Waals surface area contributed by atoms with Gasteiger partial charge in [0.2, 0.25) is 0 Å². The Balaban J connectivity index is 2.58. The fourth-order valence-electron chi connectivity index (χ4n) is 2.03. The Bertz CT molecular complexity index is 731. The minimum absolute atomic E-state index is 0.771. The first-order chi connectivity index (χ1) is 7.79. The molecule has 3 aromatic rings. The first-order valence-corrected chi connectivity index (χ1v) is 5.93. The van der Waals surface area contributed by atoms with E-state index < -0.39 is 0 Å². The lowest BCUT2D eigenvalue weighted by atomic mass is 10.1. The van der Waals surface area contributed by atoms with Gasteiger partial charge in [-0.25, -0.2) is 0 Å². The van der Waals surface area contributed by atoms with E-state index in [1.54, 1.807) is 11.3 Å². The lowest BCUT2D eigenvalue weighted by molar-refractivity contribution is 1.51. The van der Waals surface area contributed by atoms with E-state index >= 15 is 0 Å². The molecule has 0 spiro atoms. The summed E-state index contributed by atoms with van der Waals surface area (Å²) in [5.74, 6) is 0. The molecular weight excluding hydrogens is 214 g/mol. The van der Waals surface area contributed by atoms with Crippen molar-refractivity contribution in [1.29, 1.82) is 5.26 Å². The molecule has 0 amide bonds. The molecule has 1 heterocycles. The van der Waals surface area contributed by atoms with E-state index in [1.165, 1.54) is 20.3 Å². The van der Waals surface area contributed by atoms with Crippen molar-refractivity contribution in [3.8, 4) is 6.07 Å². The Labute approximate surface area is 97.6 Å². The zero-order valence-electron chi connectivity index (χ0n) is 8.82. The second kappa shape index (κ2) is 3.33. The van der Waals surface area contributed by atoms with Crippen molar-refractivity contribution in [2.45, 2.75) is 6.92 Å². The Kier molecular flexibility index (Phi) is 1.95. The van der Waals surface area contributed by atoms with Crippen molar-refractivity contribution in [1.82, 2.24) is 0 Å². The molecule has 0 aliphatic rings. The third-order valence-electron chi connectivity index (χ3n) is 2.77. The summed E-state index contributed by atoms with van der Waals surface area (Å²) in [6.45, 7) is 2.09. The molecule has 0 unspecified atom stereocenters. The number of aryl methyl sites for hydroxylation is 1. The monoisotopic (exact) mass is 223 g/mol. The highest BCUT2D eigenvalue weighted by molar-refractivity contribution is 7.25. The molecule has 1 aromatic heterocycles. The number of hydrogen-bond acceptors (Lipinski definition) is 2. The summed E-state index contributed by atoms with van der Waals surface area (Å²) in [4.78, 5) is 0. The highest BCUT2D eigenvalue weighted by Gasteiger charge is 2.08. The molecule has 1 nitrogen and oxygen atoms in total. The van der Waals surface area contributed by atoms with Crippen LogP contribution in [0, 0.1) is 18.3 Å². The van der Waals surface area contributed by atoms with Crippen LogP contribution in [-0.4, -0.2) is 0 Å². The maximum atomic E-state index is 9.12. The third kappa shape index (κ3) is 1.22. The molecular formula is C14H9NS. The lowest BCUT2D eigenvalue weighted by Gasteiger charge is -1.95. The van der Waals surface area contributed by atoms with E-state index in [4.69, 9.17) is 5.26 Å². The quantitative estimate of drug-likeness (QED) is 0.559. The third-order valence-corrected chi connectivity index (χ3v) is 3.89. The first-order valence-electron chi connectivity index (χ1n) is 5.11. The van der Waals surface area contributed by atoms with Crippen molar-refractivity contribution in [2.75, 3.05) is 0 Å². The summed E-state index contributed by atoms with van der Waals surface area (Å²) in [6.07, 6.45) is 0. The zero-order chi connectivity index (χ0) is 11.1. The predicted molar refractivity (Wildman–Crippen MR) is 68.8 cm³/mol. The number of hydrogen-bond donors (Lipinski definition) is 0. The van der Waals surface area contributed by atoms with Crippen LogP contribution in [0.1, 0.15) is 11.1 Å². The van der Waals surface area contributed by atoms with Gasteiger partial charge in [0, 0.05) is 20.2 Å². The lowest BCUT2D eigenvalue weighted by Crippen LogP contribution is -1.75. The van der Waals surface area contributed by atoms with Gasteiger partial charge in [0.05, 0.1) is 11.6 Å². The standard InChI is InChI=1S/C14H9NS/c1-9-5-6-11-13(7-9)16-12-4-2-3-10(8-15)14(11)12/h2-7H,1H3. The van der Waals surface area contributed by atoms with Crippen LogP contribution < -0.4 is 0 Å². The largest absolute Gasteiger partial charge is 0.192 e. The van der Waals surface area contributed by atoms with E-state index in [-0.39, 0.29) is 0 Å². The number of nitrogens with zero attached hydrogens (tertiary/aromatic N) is 1. The van der Waals surface area contributed by atoms with Gasteiger partial charge >= 0.3 is 0 Å². The summed E-state index contributed by atoms with van der Waals surface area (Å²) in [7, 11) is 0. The Morgan fingerprint density at radius 3 is 2.81 bits per heavy atom. The summed E-state index contributed by atoms with van der Waals surface area (Å²) in [6, 6.07) is 14.6. The normalized spacial score (nSPS) is 10.8. The second-order valence-corrected chi connectivity index (χ2v) is 4.98. The van der Waals surface area contributed by atoms with Crippen LogP contribution in [0.5, 0.6) is 0 Å². The predicted octanol–water partition coefficient (Wildman–Crippen LogP) is 4.23. The summed E-state index contributed by atoms with van der Waals surface area (Å²) in [5, 5.41) is 11.4. The second-order valence-electron chi connectivity index (χ2n) is 3.89. The smallest absolute Gasteiger partial charge is 0.0998 e. The van der Waals surface area contributed by atoms with Gasteiger partial charge in [0.25, 0.3) is 0 Å². The number of benzene rings is 2. The zero-order valence-corrected chi connectivity index (χ0v) is 9.64. The molecule has 2 aromatic carbocycles. The van der Waals surface area contributed by atoms with Crippen molar-refractivity contribution in [3.63, 3.8) is 0 Å². The molecule has 0 bridgehead atoms. The maximum Gasteiger partial charge on any atom is 0.0998 e. The van der Waals surface area contributed by atoms with Gasteiger partial charge in [-0.05, 0) is 30.7 Å². The molecule has 0 radical (unpaired) electrons. The number of thiophene rings is 1. The molecule has 0 saturated heterocycles. The van der Waals surface area contributed by atoms with Gasteiger partial charge < -0.3 is 0 Å². The van der Waals surface area contributed by atoms with Crippen LogP contribution in [0.4, 0.5) is 0 Å². The van der Waals surface area contributed by atoms with E-state index in [9.17, 15) is 0 Å². The van der Waals surface area contributed by atoms with Gasteiger partial charge in [-0.1, -0.05) is 18.2 Å². The number of nitriles is 1. The van der Waals surface area contributed by atoms with Crippen LogP contribution in [0.25, 0.3) is 20.2 Å².